The molecule has 0 radical (unpaired) electrons. The fourth-order valence-corrected chi connectivity index (χ4v) is 2.96. The zero-order chi connectivity index (χ0) is 19.4. The van der Waals surface area contributed by atoms with Gasteiger partial charge in [0.1, 0.15) is 6.61 Å². The van der Waals surface area contributed by atoms with E-state index < -0.39 is 0 Å². The van der Waals surface area contributed by atoms with Gasteiger partial charge in [0.25, 0.3) is 5.91 Å². The van der Waals surface area contributed by atoms with Crippen LogP contribution in [0.15, 0.2) is 30.3 Å². The van der Waals surface area contributed by atoms with Crippen LogP contribution >= 0.6 is 12.4 Å². The summed E-state index contributed by atoms with van der Waals surface area (Å²) in [6, 6.07) is 9.14. The van der Waals surface area contributed by atoms with E-state index in [1.165, 1.54) is 0 Å². The fraction of sp³-hybridized carbons (Fsp3) is 0.619. The Kier molecular flexibility index (Phi) is 13.6. The summed E-state index contributed by atoms with van der Waals surface area (Å²) < 4.78 is 5.39. The van der Waals surface area contributed by atoms with Gasteiger partial charge in [0, 0.05) is 18.7 Å². The van der Waals surface area contributed by atoms with Gasteiger partial charge in [-0.1, -0.05) is 45.9 Å². The van der Waals surface area contributed by atoms with Crippen molar-refractivity contribution < 1.29 is 14.3 Å². The lowest BCUT2D eigenvalue weighted by Gasteiger charge is -2.20. The predicted octanol–water partition coefficient (Wildman–Crippen LogP) is 3.78. The van der Waals surface area contributed by atoms with Crippen LogP contribution in [-0.2, 0) is 9.53 Å². The Labute approximate surface area is 170 Å². The van der Waals surface area contributed by atoms with Crippen LogP contribution in [0.25, 0.3) is 0 Å². The highest BCUT2D eigenvalue weighted by Gasteiger charge is 2.18. The Bertz CT molecular complexity index is 533. The van der Waals surface area contributed by atoms with E-state index in [1.807, 2.05) is 18.2 Å². The van der Waals surface area contributed by atoms with Crippen molar-refractivity contribution in [2.45, 2.75) is 40.5 Å². The number of benzene rings is 1. The van der Waals surface area contributed by atoms with Crippen LogP contribution in [0.4, 0.5) is 0 Å². The van der Waals surface area contributed by atoms with Crippen molar-refractivity contribution in [2.75, 3.05) is 32.8 Å². The Morgan fingerprint density at radius 2 is 1.74 bits per heavy atom. The van der Waals surface area contributed by atoms with E-state index in [1.54, 1.807) is 12.1 Å². The number of esters is 1. The molecule has 1 N–H and O–H groups in total. The van der Waals surface area contributed by atoms with E-state index in [4.69, 9.17) is 4.74 Å². The van der Waals surface area contributed by atoms with Crippen LogP contribution in [-0.4, -0.2) is 49.6 Å². The van der Waals surface area contributed by atoms with Gasteiger partial charge in [-0.3, -0.25) is 9.59 Å². The summed E-state index contributed by atoms with van der Waals surface area (Å²) >= 11 is 0. The molecule has 1 atom stereocenters. The molecule has 0 aliphatic carbocycles. The molecule has 0 heterocycles. The highest BCUT2D eigenvalue weighted by atomic mass is 35.5. The largest absolute Gasteiger partial charge is 0.464 e. The first-order valence-corrected chi connectivity index (χ1v) is 9.67. The molecule has 154 valence electrons. The van der Waals surface area contributed by atoms with Gasteiger partial charge in [0.05, 0.1) is 6.42 Å². The highest BCUT2D eigenvalue weighted by Crippen LogP contribution is 2.16. The van der Waals surface area contributed by atoms with Crippen LogP contribution < -0.4 is 5.32 Å². The zero-order valence-corrected chi connectivity index (χ0v) is 17.9. The Morgan fingerprint density at radius 1 is 1.11 bits per heavy atom. The highest BCUT2D eigenvalue weighted by molar-refractivity contribution is 5.94. The topological polar surface area (TPSA) is 58.6 Å². The normalized spacial score (nSPS) is 11.8. The van der Waals surface area contributed by atoms with Gasteiger partial charge in [-0.25, -0.2) is 0 Å². The summed E-state index contributed by atoms with van der Waals surface area (Å²) in [7, 11) is 0. The van der Waals surface area contributed by atoms with Gasteiger partial charge in [-0.05, 0) is 43.5 Å². The number of nitrogens with zero attached hydrogens (tertiary/aromatic N) is 1. The number of amides is 1. The maximum atomic E-state index is 12.2. The first-order valence-electron chi connectivity index (χ1n) is 9.67. The molecule has 0 aliphatic rings. The number of rotatable bonds is 12. The molecule has 0 saturated carbocycles. The number of ether oxygens (including phenoxy) is 1. The minimum atomic E-state index is -0.184. The van der Waals surface area contributed by atoms with Crippen LogP contribution in [0.5, 0.6) is 0 Å². The maximum Gasteiger partial charge on any atom is 0.306 e. The van der Waals surface area contributed by atoms with Crippen molar-refractivity contribution in [1.82, 2.24) is 10.2 Å². The number of carbonyl (C=O) groups is 2. The molecule has 5 nitrogen and oxygen atoms in total. The van der Waals surface area contributed by atoms with E-state index in [-0.39, 0.29) is 30.2 Å². The van der Waals surface area contributed by atoms with E-state index in [2.05, 4.69) is 37.9 Å². The van der Waals surface area contributed by atoms with Crippen molar-refractivity contribution in [1.29, 1.82) is 0 Å². The second kappa shape index (κ2) is 14.5. The van der Waals surface area contributed by atoms with Gasteiger partial charge < -0.3 is 15.0 Å². The maximum absolute atomic E-state index is 12.2. The van der Waals surface area contributed by atoms with Crippen molar-refractivity contribution in [2.24, 2.45) is 11.8 Å². The summed E-state index contributed by atoms with van der Waals surface area (Å²) in [6.45, 7) is 12.0. The smallest absolute Gasteiger partial charge is 0.306 e. The molecule has 0 aliphatic heterocycles. The van der Waals surface area contributed by atoms with Crippen LogP contribution in [0.1, 0.15) is 50.9 Å². The lowest BCUT2D eigenvalue weighted by molar-refractivity contribution is -0.145. The van der Waals surface area contributed by atoms with Crippen molar-refractivity contribution in [3.05, 3.63) is 35.9 Å². The van der Waals surface area contributed by atoms with Crippen LogP contribution in [0.2, 0.25) is 0 Å². The van der Waals surface area contributed by atoms with Gasteiger partial charge in [0.2, 0.25) is 0 Å². The van der Waals surface area contributed by atoms with Crippen molar-refractivity contribution in [3.8, 4) is 0 Å². The molecule has 1 rings (SSSR count). The first kappa shape index (κ1) is 25.4. The predicted molar refractivity (Wildman–Crippen MR) is 112 cm³/mol. The number of halogens is 1. The minimum absolute atomic E-state index is 0. The molecule has 1 unspecified atom stereocenters. The third kappa shape index (κ3) is 11.0. The molecule has 0 aromatic heterocycles. The summed E-state index contributed by atoms with van der Waals surface area (Å²) in [5.41, 5.74) is 0.637. The van der Waals surface area contributed by atoms with Gasteiger partial charge in [-0.2, -0.15) is 0 Å². The molecule has 0 fully saturated rings. The Balaban J connectivity index is 0.00000676. The zero-order valence-electron chi connectivity index (χ0n) is 17.1. The molecule has 0 saturated heterocycles. The molecule has 1 aromatic rings. The number of nitrogens with one attached hydrogen (secondary N) is 1. The van der Waals surface area contributed by atoms with Gasteiger partial charge >= 0.3 is 5.97 Å². The lowest BCUT2D eigenvalue weighted by atomic mass is 9.94. The number of likely N-dealkylation sites (N-methyl/N-ethyl adjacent to an activating group) is 1. The molecule has 27 heavy (non-hydrogen) atoms. The number of hydrogen-bond acceptors (Lipinski definition) is 4. The third-order valence-corrected chi connectivity index (χ3v) is 4.41. The summed E-state index contributed by atoms with van der Waals surface area (Å²) in [5, 5.41) is 2.95. The quantitative estimate of drug-likeness (QED) is 0.544. The second-order valence-corrected chi connectivity index (χ2v) is 7.02. The third-order valence-electron chi connectivity index (χ3n) is 4.41. The van der Waals surface area contributed by atoms with Crippen LogP contribution in [0, 0.1) is 11.8 Å². The van der Waals surface area contributed by atoms with Crippen LogP contribution in [0.3, 0.4) is 0 Å². The monoisotopic (exact) mass is 398 g/mol. The summed E-state index contributed by atoms with van der Waals surface area (Å²) in [6.07, 6.45) is 1.21. The molecule has 1 aromatic carbocycles. The van der Waals surface area contributed by atoms with E-state index in [9.17, 15) is 9.59 Å². The minimum Gasteiger partial charge on any atom is -0.464 e. The summed E-state index contributed by atoms with van der Waals surface area (Å²) in [4.78, 5) is 26.6. The number of hydrogen-bond donors (Lipinski definition) is 1. The molecule has 6 heteroatoms. The standard InChI is InChI=1S/C21H34N2O3.ClH/c1-5-23(6-2)12-13-26-20(24)15-18(14-17(3)4)16-22-21(25)19-10-8-7-9-11-19;/h7-11,17-18H,5-6,12-16H2,1-4H3,(H,22,25);1H. The lowest BCUT2D eigenvalue weighted by Crippen LogP contribution is -2.32. The first-order chi connectivity index (χ1) is 12.5. The SMILES string of the molecule is CCN(CC)CCOC(=O)CC(CNC(=O)c1ccccc1)CC(C)C.Cl. The average molecular weight is 399 g/mol. The van der Waals surface area contributed by atoms with Gasteiger partial charge in [-0.15, -0.1) is 12.4 Å². The van der Waals surface area contributed by atoms with E-state index in [0.717, 1.165) is 26.1 Å². The molecule has 0 bridgehead atoms. The Hall–Kier alpha value is -1.59. The van der Waals surface area contributed by atoms with Crippen molar-refractivity contribution >= 4 is 24.3 Å². The second-order valence-electron chi connectivity index (χ2n) is 7.02. The molecule has 1 amide bonds. The number of carbonyl (C=O) groups excluding carboxylic acids is 2. The Morgan fingerprint density at radius 3 is 2.30 bits per heavy atom. The molecular weight excluding hydrogens is 364 g/mol. The van der Waals surface area contributed by atoms with Gasteiger partial charge in [0.15, 0.2) is 0 Å². The average Bonchev–Trinajstić information content (AvgIpc) is 2.63. The fourth-order valence-electron chi connectivity index (χ4n) is 2.96. The van der Waals surface area contributed by atoms with Crippen molar-refractivity contribution in [3.63, 3.8) is 0 Å². The summed E-state index contributed by atoms with van der Waals surface area (Å²) in [5.74, 6) is 0.256. The van der Waals surface area contributed by atoms with E-state index >= 15 is 0 Å². The molecular formula is C21H35ClN2O3. The molecule has 0 spiro atoms. The van der Waals surface area contributed by atoms with E-state index in [0.29, 0.717) is 31.1 Å².